The van der Waals surface area contributed by atoms with Crippen LogP contribution >= 0.6 is 15.9 Å². The summed E-state index contributed by atoms with van der Waals surface area (Å²) < 4.78 is 6.65. The van der Waals surface area contributed by atoms with Gasteiger partial charge in [-0.3, -0.25) is 0 Å². The summed E-state index contributed by atoms with van der Waals surface area (Å²) in [5.41, 5.74) is 0. The Kier molecular flexibility index (Phi) is 6.48. The molecule has 0 radical (unpaired) electrons. The number of ether oxygens (including phenoxy) is 1. The van der Waals surface area contributed by atoms with E-state index < -0.39 is 6.10 Å². The quantitative estimate of drug-likeness (QED) is 0.847. The molecule has 0 bridgehead atoms. The van der Waals surface area contributed by atoms with Gasteiger partial charge in [0.25, 0.3) is 0 Å². The first-order chi connectivity index (χ1) is 10.0. The standard InChI is InChI=1S/C16H25BrN2O2/c1-18-9-7-14(8-10-18)19(2)11-15(20)12-21-16-5-3-13(17)4-6-16/h3-6,14-15,20H,7-12H2,1-2H3. The van der Waals surface area contributed by atoms with Crippen molar-refractivity contribution >= 4 is 15.9 Å². The maximum Gasteiger partial charge on any atom is 0.119 e. The summed E-state index contributed by atoms with van der Waals surface area (Å²) in [4.78, 5) is 4.63. The Morgan fingerprint density at radius 2 is 1.95 bits per heavy atom. The summed E-state index contributed by atoms with van der Waals surface area (Å²) in [6.45, 7) is 3.27. The maximum atomic E-state index is 10.1. The Morgan fingerprint density at radius 3 is 2.57 bits per heavy atom. The first-order valence-corrected chi connectivity index (χ1v) is 8.29. The molecule has 1 atom stereocenters. The monoisotopic (exact) mass is 356 g/mol. The summed E-state index contributed by atoms with van der Waals surface area (Å²) in [7, 11) is 4.26. The largest absolute Gasteiger partial charge is 0.491 e. The molecular weight excluding hydrogens is 332 g/mol. The molecule has 0 saturated carbocycles. The van der Waals surface area contributed by atoms with Gasteiger partial charge in [-0.15, -0.1) is 0 Å². The van der Waals surface area contributed by atoms with Crippen LogP contribution < -0.4 is 4.74 Å². The summed E-state index contributed by atoms with van der Waals surface area (Å²) in [5, 5.41) is 10.1. The molecule has 1 aromatic carbocycles. The summed E-state index contributed by atoms with van der Waals surface area (Å²) in [5.74, 6) is 0.791. The second-order valence-electron chi connectivity index (χ2n) is 5.89. The topological polar surface area (TPSA) is 35.9 Å². The molecule has 0 aliphatic carbocycles. The van der Waals surface area contributed by atoms with Gasteiger partial charge in [-0.05, 0) is 64.3 Å². The van der Waals surface area contributed by atoms with Crippen LogP contribution in [0, 0.1) is 0 Å². The Morgan fingerprint density at radius 1 is 1.33 bits per heavy atom. The number of hydrogen-bond acceptors (Lipinski definition) is 4. The molecule has 5 heteroatoms. The molecule has 4 nitrogen and oxygen atoms in total. The van der Waals surface area contributed by atoms with Gasteiger partial charge in [0.15, 0.2) is 0 Å². The minimum absolute atomic E-state index is 0.332. The van der Waals surface area contributed by atoms with Crippen molar-refractivity contribution in [3.8, 4) is 5.75 Å². The van der Waals surface area contributed by atoms with E-state index in [9.17, 15) is 5.11 Å². The Bertz CT molecular complexity index is 419. The average Bonchev–Trinajstić information content (AvgIpc) is 2.47. The number of likely N-dealkylation sites (N-methyl/N-ethyl adjacent to an activating group) is 1. The van der Waals surface area contributed by atoms with Crippen molar-refractivity contribution in [3.05, 3.63) is 28.7 Å². The van der Waals surface area contributed by atoms with E-state index in [4.69, 9.17) is 4.74 Å². The number of hydrogen-bond donors (Lipinski definition) is 1. The lowest BCUT2D eigenvalue weighted by atomic mass is 10.0. The van der Waals surface area contributed by atoms with Crippen molar-refractivity contribution in [1.29, 1.82) is 0 Å². The molecule has 21 heavy (non-hydrogen) atoms. The van der Waals surface area contributed by atoms with Crippen LogP contribution in [0.15, 0.2) is 28.7 Å². The van der Waals surface area contributed by atoms with Crippen LogP contribution in [0.3, 0.4) is 0 Å². The Balaban J connectivity index is 1.71. The molecule has 2 rings (SSSR count). The van der Waals surface area contributed by atoms with Gasteiger partial charge >= 0.3 is 0 Å². The van der Waals surface area contributed by atoms with Crippen LogP contribution in [-0.2, 0) is 0 Å². The SMILES string of the molecule is CN1CCC(N(C)CC(O)COc2ccc(Br)cc2)CC1. The van der Waals surface area contributed by atoms with E-state index in [1.54, 1.807) is 0 Å². The highest BCUT2D eigenvalue weighted by Crippen LogP contribution is 2.17. The van der Waals surface area contributed by atoms with Gasteiger partial charge in [0, 0.05) is 17.1 Å². The number of benzene rings is 1. The highest BCUT2D eigenvalue weighted by Gasteiger charge is 2.22. The van der Waals surface area contributed by atoms with E-state index >= 15 is 0 Å². The summed E-state index contributed by atoms with van der Waals surface area (Å²) >= 11 is 3.39. The van der Waals surface area contributed by atoms with Gasteiger partial charge in [0.2, 0.25) is 0 Å². The molecule has 0 aromatic heterocycles. The van der Waals surface area contributed by atoms with E-state index in [1.807, 2.05) is 24.3 Å². The number of aliphatic hydroxyl groups is 1. The fraction of sp³-hybridized carbons (Fsp3) is 0.625. The molecule has 118 valence electrons. The van der Waals surface area contributed by atoms with E-state index in [2.05, 4.69) is 39.8 Å². The van der Waals surface area contributed by atoms with E-state index in [0.717, 1.165) is 23.3 Å². The predicted molar refractivity (Wildman–Crippen MR) is 88.8 cm³/mol. The smallest absolute Gasteiger partial charge is 0.119 e. The van der Waals surface area contributed by atoms with Gasteiger partial charge in [-0.2, -0.15) is 0 Å². The lowest BCUT2D eigenvalue weighted by Gasteiger charge is -2.35. The highest BCUT2D eigenvalue weighted by atomic mass is 79.9. The van der Waals surface area contributed by atoms with Crippen molar-refractivity contribution in [3.63, 3.8) is 0 Å². The second kappa shape index (κ2) is 8.13. The normalized spacial score (nSPS) is 18.9. The highest BCUT2D eigenvalue weighted by molar-refractivity contribution is 9.10. The van der Waals surface area contributed by atoms with Gasteiger partial charge in [0.1, 0.15) is 18.5 Å². The third-order valence-electron chi connectivity index (χ3n) is 4.07. The molecule has 1 heterocycles. The van der Waals surface area contributed by atoms with E-state index in [-0.39, 0.29) is 0 Å². The Labute approximate surface area is 135 Å². The molecule has 1 aliphatic rings. The van der Waals surface area contributed by atoms with Crippen LogP contribution in [0.25, 0.3) is 0 Å². The van der Waals surface area contributed by atoms with Gasteiger partial charge < -0.3 is 19.6 Å². The van der Waals surface area contributed by atoms with Crippen LogP contribution in [0.5, 0.6) is 5.75 Å². The van der Waals surface area contributed by atoms with Crippen molar-refractivity contribution in [2.45, 2.75) is 25.0 Å². The van der Waals surface area contributed by atoms with Gasteiger partial charge in [0.05, 0.1) is 0 Å². The number of piperidine rings is 1. The molecule has 1 unspecified atom stereocenters. The molecular formula is C16H25BrN2O2. The van der Waals surface area contributed by atoms with Crippen molar-refractivity contribution in [1.82, 2.24) is 9.80 Å². The van der Waals surface area contributed by atoms with Crippen LogP contribution in [0.1, 0.15) is 12.8 Å². The van der Waals surface area contributed by atoms with Gasteiger partial charge in [-0.1, -0.05) is 15.9 Å². The average molecular weight is 357 g/mol. The lowest BCUT2D eigenvalue weighted by molar-refractivity contribution is 0.0498. The number of halogens is 1. The number of nitrogens with zero attached hydrogens (tertiary/aromatic N) is 2. The van der Waals surface area contributed by atoms with Gasteiger partial charge in [-0.25, -0.2) is 0 Å². The van der Waals surface area contributed by atoms with E-state index in [1.165, 1.54) is 12.8 Å². The zero-order chi connectivity index (χ0) is 15.2. The Hall–Kier alpha value is -0.620. The van der Waals surface area contributed by atoms with Crippen molar-refractivity contribution in [2.24, 2.45) is 0 Å². The lowest BCUT2D eigenvalue weighted by Crippen LogP contribution is -2.45. The molecule has 1 N–H and O–H groups in total. The molecule has 0 spiro atoms. The van der Waals surface area contributed by atoms with Crippen LogP contribution in [0.2, 0.25) is 0 Å². The van der Waals surface area contributed by atoms with Crippen molar-refractivity contribution in [2.75, 3.05) is 40.3 Å². The van der Waals surface area contributed by atoms with Crippen LogP contribution in [0.4, 0.5) is 0 Å². The number of rotatable bonds is 6. The fourth-order valence-corrected chi connectivity index (χ4v) is 2.96. The minimum Gasteiger partial charge on any atom is -0.491 e. The van der Waals surface area contributed by atoms with E-state index in [0.29, 0.717) is 19.2 Å². The first-order valence-electron chi connectivity index (χ1n) is 7.50. The number of likely N-dealkylation sites (tertiary alicyclic amines) is 1. The number of aliphatic hydroxyl groups excluding tert-OH is 1. The van der Waals surface area contributed by atoms with Crippen molar-refractivity contribution < 1.29 is 9.84 Å². The maximum absolute atomic E-state index is 10.1. The molecule has 1 aromatic rings. The molecule has 1 aliphatic heterocycles. The predicted octanol–water partition coefficient (Wildman–Crippen LogP) is 2.21. The zero-order valence-electron chi connectivity index (χ0n) is 12.8. The molecule has 1 saturated heterocycles. The third kappa shape index (κ3) is 5.58. The zero-order valence-corrected chi connectivity index (χ0v) is 14.4. The molecule has 0 amide bonds. The fourth-order valence-electron chi connectivity index (χ4n) is 2.69. The minimum atomic E-state index is -0.460. The summed E-state index contributed by atoms with van der Waals surface area (Å²) in [6.07, 6.45) is 1.89. The summed E-state index contributed by atoms with van der Waals surface area (Å²) in [6, 6.07) is 8.25. The first kappa shape index (κ1) is 16.7. The third-order valence-corrected chi connectivity index (χ3v) is 4.59. The second-order valence-corrected chi connectivity index (χ2v) is 6.81. The van der Waals surface area contributed by atoms with Crippen LogP contribution in [-0.4, -0.2) is 67.4 Å². The molecule has 1 fully saturated rings.